The zero-order chi connectivity index (χ0) is 12.3. The first kappa shape index (κ1) is 12.1. The molecule has 1 amide bonds. The molecule has 1 saturated carbocycles. The summed E-state index contributed by atoms with van der Waals surface area (Å²) in [5.41, 5.74) is 7.30. The molecule has 0 spiro atoms. The lowest BCUT2D eigenvalue weighted by molar-refractivity contribution is -0.124. The number of carbonyl (C=O) groups excluding carboxylic acids is 1. The predicted molar refractivity (Wildman–Crippen MR) is 69.5 cm³/mol. The van der Waals surface area contributed by atoms with Crippen molar-refractivity contribution in [3.05, 3.63) is 29.8 Å². The second-order valence-electron chi connectivity index (χ2n) is 5.13. The molecule has 17 heavy (non-hydrogen) atoms. The van der Waals surface area contributed by atoms with Gasteiger partial charge in [0.1, 0.15) is 0 Å². The summed E-state index contributed by atoms with van der Waals surface area (Å²) in [7, 11) is 0. The standard InChI is InChI=1S/C14H20N2O/c1-14(7-2-3-8-14)13(17)16-12-6-4-5-11(9-12)10-15/h4-6,9H,2-3,7-8,10,15H2,1H3,(H,16,17). The largest absolute Gasteiger partial charge is 0.326 e. The molecule has 1 aromatic carbocycles. The highest BCUT2D eigenvalue weighted by Gasteiger charge is 2.36. The summed E-state index contributed by atoms with van der Waals surface area (Å²) in [5.74, 6) is 0.143. The van der Waals surface area contributed by atoms with E-state index in [1.165, 1.54) is 0 Å². The average molecular weight is 232 g/mol. The molecule has 2 rings (SSSR count). The molecule has 0 unspecified atom stereocenters. The highest BCUT2D eigenvalue weighted by molar-refractivity contribution is 5.95. The molecule has 0 aliphatic heterocycles. The van der Waals surface area contributed by atoms with Crippen molar-refractivity contribution in [1.82, 2.24) is 0 Å². The van der Waals surface area contributed by atoms with Crippen molar-refractivity contribution in [2.75, 3.05) is 5.32 Å². The third-order valence-electron chi connectivity index (χ3n) is 3.68. The van der Waals surface area contributed by atoms with Crippen LogP contribution in [0.25, 0.3) is 0 Å². The Morgan fingerprint density at radius 2 is 2.12 bits per heavy atom. The van der Waals surface area contributed by atoms with Gasteiger partial charge in [0.05, 0.1) is 0 Å². The molecule has 0 aromatic heterocycles. The third-order valence-corrected chi connectivity index (χ3v) is 3.68. The highest BCUT2D eigenvalue weighted by atomic mass is 16.2. The van der Waals surface area contributed by atoms with Crippen LogP contribution >= 0.6 is 0 Å². The number of rotatable bonds is 3. The van der Waals surface area contributed by atoms with Crippen LogP contribution in [0, 0.1) is 5.41 Å². The minimum atomic E-state index is -0.182. The first-order valence-corrected chi connectivity index (χ1v) is 6.24. The van der Waals surface area contributed by atoms with E-state index in [9.17, 15) is 4.79 Å². The Morgan fingerprint density at radius 1 is 1.41 bits per heavy atom. The predicted octanol–water partition coefficient (Wildman–Crippen LogP) is 2.66. The quantitative estimate of drug-likeness (QED) is 0.841. The van der Waals surface area contributed by atoms with Gasteiger partial charge in [-0.15, -0.1) is 0 Å². The molecule has 92 valence electrons. The maximum absolute atomic E-state index is 12.2. The topological polar surface area (TPSA) is 55.1 Å². The summed E-state index contributed by atoms with van der Waals surface area (Å²) >= 11 is 0. The van der Waals surface area contributed by atoms with Gasteiger partial charge < -0.3 is 11.1 Å². The summed E-state index contributed by atoms with van der Waals surface area (Å²) in [6.07, 6.45) is 4.31. The van der Waals surface area contributed by atoms with Gasteiger partial charge in [-0.3, -0.25) is 4.79 Å². The fourth-order valence-corrected chi connectivity index (χ4v) is 2.44. The molecule has 1 fully saturated rings. The smallest absolute Gasteiger partial charge is 0.230 e. The van der Waals surface area contributed by atoms with Crippen LogP contribution in [0.5, 0.6) is 0 Å². The van der Waals surface area contributed by atoms with Crippen molar-refractivity contribution in [2.24, 2.45) is 11.1 Å². The van der Waals surface area contributed by atoms with E-state index in [-0.39, 0.29) is 11.3 Å². The molecule has 0 atom stereocenters. The summed E-state index contributed by atoms with van der Waals surface area (Å²) < 4.78 is 0. The van der Waals surface area contributed by atoms with Crippen LogP contribution in [-0.2, 0) is 11.3 Å². The number of anilines is 1. The molecule has 1 aliphatic rings. The van der Waals surface area contributed by atoms with Crippen molar-refractivity contribution in [3.63, 3.8) is 0 Å². The molecular weight excluding hydrogens is 212 g/mol. The van der Waals surface area contributed by atoms with Crippen molar-refractivity contribution in [1.29, 1.82) is 0 Å². The molecule has 0 radical (unpaired) electrons. The summed E-state index contributed by atoms with van der Waals surface area (Å²) in [4.78, 5) is 12.2. The monoisotopic (exact) mass is 232 g/mol. The lowest BCUT2D eigenvalue weighted by Crippen LogP contribution is -2.30. The minimum absolute atomic E-state index is 0.143. The van der Waals surface area contributed by atoms with Crippen LogP contribution in [-0.4, -0.2) is 5.91 Å². The highest BCUT2D eigenvalue weighted by Crippen LogP contribution is 2.38. The normalized spacial score (nSPS) is 18.0. The molecule has 1 aromatic rings. The Labute approximate surface area is 102 Å². The van der Waals surface area contributed by atoms with Crippen molar-refractivity contribution in [3.8, 4) is 0 Å². The van der Waals surface area contributed by atoms with Gasteiger partial charge in [-0.2, -0.15) is 0 Å². The zero-order valence-corrected chi connectivity index (χ0v) is 10.3. The van der Waals surface area contributed by atoms with E-state index in [0.717, 1.165) is 36.9 Å². The Bertz CT molecular complexity index is 408. The van der Waals surface area contributed by atoms with E-state index in [1.54, 1.807) is 0 Å². The third kappa shape index (κ3) is 2.67. The maximum Gasteiger partial charge on any atom is 0.230 e. The lowest BCUT2D eigenvalue weighted by atomic mass is 9.88. The molecule has 3 N–H and O–H groups in total. The molecule has 3 nitrogen and oxygen atoms in total. The van der Waals surface area contributed by atoms with Crippen LogP contribution in [0.4, 0.5) is 5.69 Å². The van der Waals surface area contributed by atoms with E-state index in [4.69, 9.17) is 5.73 Å². The Morgan fingerprint density at radius 3 is 2.76 bits per heavy atom. The lowest BCUT2D eigenvalue weighted by Gasteiger charge is -2.22. The fourth-order valence-electron chi connectivity index (χ4n) is 2.44. The van der Waals surface area contributed by atoms with Gasteiger partial charge in [0.2, 0.25) is 5.91 Å². The molecule has 1 aliphatic carbocycles. The first-order chi connectivity index (χ1) is 8.14. The van der Waals surface area contributed by atoms with E-state index >= 15 is 0 Å². The zero-order valence-electron chi connectivity index (χ0n) is 10.3. The van der Waals surface area contributed by atoms with Crippen molar-refractivity contribution in [2.45, 2.75) is 39.2 Å². The van der Waals surface area contributed by atoms with Gasteiger partial charge in [0.15, 0.2) is 0 Å². The number of hydrogen-bond acceptors (Lipinski definition) is 2. The SMILES string of the molecule is CC1(C(=O)Nc2cccc(CN)c2)CCCC1. The second-order valence-corrected chi connectivity index (χ2v) is 5.13. The van der Waals surface area contributed by atoms with Crippen LogP contribution < -0.4 is 11.1 Å². The molecule has 3 heteroatoms. The van der Waals surface area contributed by atoms with E-state index in [0.29, 0.717) is 6.54 Å². The number of benzene rings is 1. The van der Waals surface area contributed by atoms with Crippen LogP contribution in [0.3, 0.4) is 0 Å². The second kappa shape index (κ2) is 4.88. The average Bonchev–Trinajstić information content (AvgIpc) is 2.78. The van der Waals surface area contributed by atoms with E-state index < -0.39 is 0 Å². The van der Waals surface area contributed by atoms with Gasteiger partial charge in [-0.05, 0) is 30.5 Å². The molecule has 0 bridgehead atoms. The van der Waals surface area contributed by atoms with E-state index in [2.05, 4.69) is 12.2 Å². The van der Waals surface area contributed by atoms with Gasteiger partial charge in [-0.1, -0.05) is 31.9 Å². The molecular formula is C14H20N2O. The van der Waals surface area contributed by atoms with Crippen LogP contribution in [0.15, 0.2) is 24.3 Å². The van der Waals surface area contributed by atoms with Crippen LogP contribution in [0.1, 0.15) is 38.2 Å². The van der Waals surface area contributed by atoms with Gasteiger partial charge >= 0.3 is 0 Å². The van der Waals surface area contributed by atoms with Crippen molar-refractivity contribution < 1.29 is 4.79 Å². The Balaban J connectivity index is 2.07. The molecule has 0 saturated heterocycles. The number of nitrogens with one attached hydrogen (secondary N) is 1. The number of nitrogens with two attached hydrogens (primary N) is 1. The maximum atomic E-state index is 12.2. The van der Waals surface area contributed by atoms with Gasteiger partial charge in [-0.25, -0.2) is 0 Å². The Kier molecular flexibility index (Phi) is 3.48. The summed E-state index contributed by atoms with van der Waals surface area (Å²) in [6.45, 7) is 2.56. The minimum Gasteiger partial charge on any atom is -0.326 e. The summed E-state index contributed by atoms with van der Waals surface area (Å²) in [5, 5.41) is 3.00. The first-order valence-electron chi connectivity index (χ1n) is 6.24. The van der Waals surface area contributed by atoms with Gasteiger partial charge in [0.25, 0.3) is 0 Å². The van der Waals surface area contributed by atoms with Crippen molar-refractivity contribution >= 4 is 11.6 Å². The fraction of sp³-hybridized carbons (Fsp3) is 0.500. The Hall–Kier alpha value is -1.35. The summed E-state index contributed by atoms with van der Waals surface area (Å²) in [6, 6.07) is 7.74. The number of hydrogen-bond donors (Lipinski definition) is 2. The number of carbonyl (C=O) groups is 1. The van der Waals surface area contributed by atoms with Crippen LogP contribution in [0.2, 0.25) is 0 Å². The van der Waals surface area contributed by atoms with Gasteiger partial charge in [0, 0.05) is 17.6 Å². The van der Waals surface area contributed by atoms with E-state index in [1.807, 2.05) is 24.3 Å². The molecule has 0 heterocycles. The number of amides is 1.